The Labute approximate surface area is 355 Å². The van der Waals surface area contributed by atoms with Gasteiger partial charge in [0, 0.05) is 0 Å². The Morgan fingerprint density at radius 3 is 0.517 bits per heavy atom. The van der Waals surface area contributed by atoms with E-state index < -0.39 is 0 Å². The van der Waals surface area contributed by atoms with Crippen LogP contribution in [-0.2, 0) is 61.6 Å². The molecule has 0 aliphatic carbocycles. The highest BCUT2D eigenvalue weighted by molar-refractivity contribution is 4.62. The molecule has 0 aliphatic rings. The average Bonchev–Trinajstić information content (AvgIpc) is 3.16. The molecule has 13 atom stereocenters. The third-order valence-corrected chi connectivity index (χ3v) is 8.69. The monoisotopic (exact) mass is 841 g/mol. The van der Waals surface area contributed by atoms with Crippen LogP contribution in [0.1, 0.15) is 124 Å². The second-order valence-corrected chi connectivity index (χ2v) is 17.4. The maximum absolute atomic E-state index is 5.98. The number of hydrogen-bond donors (Lipinski definition) is 0. The van der Waals surface area contributed by atoms with Crippen LogP contribution in [0.4, 0.5) is 0 Å². The standard InChI is InChI=1S/C45H92O13/c1-31(2)18-33(5)46-19-34(6)47-20-35(7)48-21-36(8)49-22-37(9)50-23-38(10)51-24-39(11)52-25-40(12)53-26-41(13)54-27-42(14)55-28-43(15)56-29-44(16)57-30-45(17)58-32(3)4/h31-45H,18-30H2,1-17H3. The van der Waals surface area contributed by atoms with Crippen molar-refractivity contribution in [2.24, 2.45) is 5.92 Å². The fraction of sp³-hybridized carbons (Fsp3) is 1.00. The van der Waals surface area contributed by atoms with Gasteiger partial charge in [-0.05, 0) is 116 Å². The van der Waals surface area contributed by atoms with Gasteiger partial charge < -0.3 is 61.6 Å². The molecule has 0 aromatic heterocycles. The van der Waals surface area contributed by atoms with Crippen molar-refractivity contribution in [2.75, 3.05) is 79.3 Å². The van der Waals surface area contributed by atoms with E-state index in [4.69, 9.17) is 61.6 Å². The summed E-state index contributed by atoms with van der Waals surface area (Å²) >= 11 is 0. The maximum atomic E-state index is 5.98. The lowest BCUT2D eigenvalue weighted by molar-refractivity contribution is -0.115. The van der Waals surface area contributed by atoms with Crippen LogP contribution < -0.4 is 0 Å². The van der Waals surface area contributed by atoms with Crippen molar-refractivity contribution in [1.29, 1.82) is 0 Å². The van der Waals surface area contributed by atoms with Crippen molar-refractivity contribution in [3.8, 4) is 0 Å². The largest absolute Gasteiger partial charge is 0.376 e. The molecule has 0 heterocycles. The van der Waals surface area contributed by atoms with Crippen molar-refractivity contribution < 1.29 is 61.6 Å². The Kier molecular flexibility index (Phi) is 34.7. The van der Waals surface area contributed by atoms with E-state index in [1.54, 1.807) is 0 Å². The van der Waals surface area contributed by atoms with E-state index in [9.17, 15) is 0 Å². The molecule has 0 bridgehead atoms. The highest BCUT2D eigenvalue weighted by atomic mass is 16.6. The Morgan fingerprint density at radius 1 is 0.207 bits per heavy atom. The first-order valence-electron chi connectivity index (χ1n) is 22.3. The topological polar surface area (TPSA) is 120 Å². The van der Waals surface area contributed by atoms with Gasteiger partial charge in [0.2, 0.25) is 0 Å². The first-order valence-corrected chi connectivity index (χ1v) is 22.3. The number of ether oxygens (including phenoxy) is 13. The van der Waals surface area contributed by atoms with Crippen LogP contribution in [0.5, 0.6) is 0 Å². The lowest BCUT2D eigenvalue weighted by atomic mass is 10.1. The van der Waals surface area contributed by atoms with E-state index >= 15 is 0 Å². The highest BCUT2D eigenvalue weighted by Gasteiger charge is 2.17. The fourth-order valence-corrected chi connectivity index (χ4v) is 5.36. The summed E-state index contributed by atoms with van der Waals surface area (Å²) in [6.07, 6.45) is 0.912. The van der Waals surface area contributed by atoms with Gasteiger partial charge in [-0.15, -0.1) is 0 Å². The van der Waals surface area contributed by atoms with E-state index in [-0.39, 0.29) is 85.5 Å². The number of hydrogen-bond acceptors (Lipinski definition) is 13. The smallest absolute Gasteiger partial charge is 0.0784 e. The second-order valence-electron chi connectivity index (χ2n) is 17.4. The van der Waals surface area contributed by atoms with Gasteiger partial charge in [0.25, 0.3) is 0 Å². The molecule has 0 N–H and O–H groups in total. The van der Waals surface area contributed by atoms with Crippen molar-refractivity contribution >= 4 is 0 Å². The average molecular weight is 841 g/mol. The molecule has 0 fully saturated rings. The lowest BCUT2D eigenvalue weighted by Gasteiger charge is -2.23. The zero-order valence-corrected chi connectivity index (χ0v) is 40.2. The third-order valence-electron chi connectivity index (χ3n) is 8.69. The van der Waals surface area contributed by atoms with Crippen LogP contribution in [0.2, 0.25) is 0 Å². The zero-order chi connectivity index (χ0) is 44.0. The SMILES string of the molecule is CC(C)CC(C)OCC(C)OCC(C)OCC(C)OCC(C)OCC(C)OCC(C)OCC(C)OCC(C)OCC(C)OCC(C)OCC(C)OCC(C)OC(C)C. The van der Waals surface area contributed by atoms with E-state index in [0.29, 0.717) is 85.2 Å². The Balaban J connectivity index is 3.97. The first kappa shape index (κ1) is 57.5. The molecule has 0 aliphatic heterocycles. The first-order chi connectivity index (χ1) is 27.2. The van der Waals surface area contributed by atoms with E-state index in [0.717, 1.165) is 6.42 Å². The Hall–Kier alpha value is -0.520. The van der Waals surface area contributed by atoms with E-state index in [1.807, 2.05) is 96.9 Å². The van der Waals surface area contributed by atoms with Crippen molar-refractivity contribution in [3.63, 3.8) is 0 Å². The molecule has 13 heteroatoms. The quantitative estimate of drug-likeness (QED) is 0.0600. The molecule has 0 saturated heterocycles. The van der Waals surface area contributed by atoms with Gasteiger partial charge in [0.15, 0.2) is 0 Å². The summed E-state index contributed by atoms with van der Waals surface area (Å²) in [6.45, 7) is 40.5. The van der Waals surface area contributed by atoms with Gasteiger partial charge in [0.1, 0.15) is 0 Å². The summed E-state index contributed by atoms with van der Waals surface area (Å²) in [7, 11) is 0. The van der Waals surface area contributed by atoms with Crippen LogP contribution in [0, 0.1) is 5.92 Å². The van der Waals surface area contributed by atoms with Gasteiger partial charge in [-0.3, -0.25) is 0 Å². The van der Waals surface area contributed by atoms with Crippen molar-refractivity contribution in [3.05, 3.63) is 0 Å². The minimum absolute atomic E-state index is 0.0195. The summed E-state index contributed by atoms with van der Waals surface area (Å²) in [5.41, 5.74) is 0. The number of rotatable bonds is 40. The van der Waals surface area contributed by atoms with Crippen LogP contribution in [0.25, 0.3) is 0 Å². The highest BCUT2D eigenvalue weighted by Crippen LogP contribution is 2.10. The van der Waals surface area contributed by atoms with Crippen LogP contribution in [0.15, 0.2) is 0 Å². The van der Waals surface area contributed by atoms with Gasteiger partial charge in [-0.25, -0.2) is 0 Å². The molecule has 350 valence electrons. The molecular formula is C45H92O13. The van der Waals surface area contributed by atoms with E-state index in [2.05, 4.69) is 20.8 Å². The van der Waals surface area contributed by atoms with Crippen LogP contribution in [-0.4, -0.2) is 165 Å². The fourth-order valence-electron chi connectivity index (χ4n) is 5.36. The maximum Gasteiger partial charge on any atom is 0.0784 e. The summed E-state index contributed by atoms with van der Waals surface area (Å²) in [4.78, 5) is 0. The van der Waals surface area contributed by atoms with Crippen molar-refractivity contribution in [2.45, 2.75) is 210 Å². The Bertz CT molecular complexity index is 844. The molecule has 0 aromatic rings. The zero-order valence-electron chi connectivity index (χ0n) is 40.2. The lowest BCUT2D eigenvalue weighted by Crippen LogP contribution is -2.31. The molecule has 13 unspecified atom stereocenters. The molecule has 0 saturated carbocycles. The third kappa shape index (κ3) is 36.2. The molecule has 0 rings (SSSR count). The summed E-state index contributed by atoms with van der Waals surface area (Å²) in [5, 5.41) is 0. The summed E-state index contributed by atoms with van der Waals surface area (Å²) in [5.74, 6) is 0.622. The predicted octanol–water partition coefficient (Wildman–Crippen LogP) is 7.71. The van der Waals surface area contributed by atoms with Gasteiger partial charge in [-0.2, -0.15) is 0 Å². The Morgan fingerprint density at radius 2 is 0.362 bits per heavy atom. The molecule has 0 spiro atoms. The molecular weight excluding hydrogens is 748 g/mol. The van der Waals surface area contributed by atoms with Crippen LogP contribution in [0.3, 0.4) is 0 Å². The van der Waals surface area contributed by atoms with Gasteiger partial charge >= 0.3 is 0 Å². The minimum atomic E-state index is -0.0837. The van der Waals surface area contributed by atoms with E-state index in [1.165, 1.54) is 0 Å². The second kappa shape index (κ2) is 35.0. The molecule has 0 amide bonds. The summed E-state index contributed by atoms with van der Waals surface area (Å²) in [6, 6.07) is 0. The molecule has 0 aromatic carbocycles. The molecule has 13 nitrogen and oxygen atoms in total. The van der Waals surface area contributed by atoms with Crippen molar-refractivity contribution in [1.82, 2.24) is 0 Å². The molecule has 58 heavy (non-hydrogen) atoms. The van der Waals surface area contributed by atoms with Gasteiger partial charge in [-0.1, -0.05) is 13.8 Å². The minimum Gasteiger partial charge on any atom is -0.376 e. The summed E-state index contributed by atoms with van der Waals surface area (Å²) < 4.78 is 77.0. The van der Waals surface area contributed by atoms with Gasteiger partial charge in [0.05, 0.1) is 165 Å². The normalized spacial score (nSPS) is 19.3. The van der Waals surface area contributed by atoms with Crippen LogP contribution >= 0.6 is 0 Å². The predicted molar refractivity (Wildman–Crippen MR) is 230 cm³/mol. The molecule has 0 radical (unpaired) electrons.